The molecule has 0 amide bonds. The Morgan fingerprint density at radius 1 is 1.50 bits per heavy atom. The second kappa shape index (κ2) is 3.57. The van der Waals surface area contributed by atoms with Crippen LogP contribution >= 0.6 is 11.8 Å². The highest BCUT2D eigenvalue weighted by molar-refractivity contribution is 8.02. The summed E-state index contributed by atoms with van der Waals surface area (Å²) < 4.78 is 0. The molecule has 0 spiro atoms. The van der Waals surface area contributed by atoms with E-state index in [1.54, 1.807) is 0 Å². The van der Waals surface area contributed by atoms with Gasteiger partial charge in [-0.3, -0.25) is 0 Å². The summed E-state index contributed by atoms with van der Waals surface area (Å²) in [6.45, 7) is 3.88. The van der Waals surface area contributed by atoms with E-state index >= 15 is 0 Å². The third kappa shape index (κ3) is 2.04. The zero-order chi connectivity index (χ0) is 6.57. The van der Waals surface area contributed by atoms with Gasteiger partial charge in [0.15, 0.2) is 0 Å². The quantitative estimate of drug-likeness (QED) is 0.504. The predicted molar refractivity (Wildman–Crippen MR) is 37.5 cm³/mol. The lowest BCUT2D eigenvalue weighted by atomic mass is 10.3. The first kappa shape index (κ1) is 7.58. The fourth-order valence-electron chi connectivity index (χ4n) is 0.362. The molecule has 0 fully saturated rings. The lowest BCUT2D eigenvalue weighted by Gasteiger charge is -1.90. The van der Waals surface area contributed by atoms with Gasteiger partial charge in [-0.1, -0.05) is 5.57 Å². The van der Waals surface area contributed by atoms with E-state index in [9.17, 15) is 0 Å². The summed E-state index contributed by atoms with van der Waals surface area (Å²) >= 11 is 1.50. The average molecular weight is 127 g/mol. The van der Waals surface area contributed by atoms with Crippen LogP contribution in [-0.2, 0) is 0 Å². The van der Waals surface area contributed by atoms with Crippen molar-refractivity contribution >= 4 is 11.8 Å². The normalized spacial score (nSPS) is 7.75. The standard InChI is InChI=1S/C6H9NS/c1-5(2)6(4-7)8-3/h1-3H3. The second-order valence-electron chi connectivity index (χ2n) is 1.65. The van der Waals surface area contributed by atoms with Crippen LogP contribution in [0, 0.1) is 11.3 Å². The maximum Gasteiger partial charge on any atom is 0.106 e. The Balaban J connectivity index is 4.15. The number of thioether (sulfide) groups is 1. The lowest BCUT2D eigenvalue weighted by molar-refractivity contribution is 1.37. The van der Waals surface area contributed by atoms with Crippen molar-refractivity contribution in [3.8, 4) is 6.07 Å². The molecule has 0 atom stereocenters. The molecule has 0 saturated heterocycles. The monoisotopic (exact) mass is 127 g/mol. The van der Waals surface area contributed by atoms with Gasteiger partial charge in [0.05, 0.1) is 4.91 Å². The minimum atomic E-state index is 0.824. The molecular weight excluding hydrogens is 118 g/mol. The first-order valence-electron chi connectivity index (χ1n) is 2.34. The molecule has 0 aromatic heterocycles. The molecule has 0 saturated carbocycles. The molecule has 0 aromatic carbocycles. The van der Waals surface area contributed by atoms with Gasteiger partial charge >= 0.3 is 0 Å². The molecule has 0 rings (SSSR count). The van der Waals surface area contributed by atoms with E-state index in [1.807, 2.05) is 20.1 Å². The lowest BCUT2D eigenvalue weighted by Crippen LogP contribution is -1.71. The van der Waals surface area contributed by atoms with Gasteiger partial charge in [0.1, 0.15) is 6.07 Å². The van der Waals surface area contributed by atoms with E-state index in [2.05, 4.69) is 6.07 Å². The van der Waals surface area contributed by atoms with Crippen LogP contribution in [0.25, 0.3) is 0 Å². The van der Waals surface area contributed by atoms with E-state index in [4.69, 9.17) is 5.26 Å². The molecule has 0 aliphatic rings. The number of hydrogen-bond donors (Lipinski definition) is 0. The number of allylic oxidation sites excluding steroid dienone is 2. The highest BCUT2D eigenvalue weighted by atomic mass is 32.2. The summed E-state index contributed by atoms with van der Waals surface area (Å²) in [7, 11) is 0. The Morgan fingerprint density at radius 3 is 2.00 bits per heavy atom. The summed E-state index contributed by atoms with van der Waals surface area (Å²) in [6, 6.07) is 2.09. The molecule has 0 aliphatic heterocycles. The molecule has 0 N–H and O–H groups in total. The summed E-state index contributed by atoms with van der Waals surface area (Å²) in [4.78, 5) is 0.824. The molecule has 8 heavy (non-hydrogen) atoms. The van der Waals surface area contributed by atoms with Crippen molar-refractivity contribution < 1.29 is 0 Å². The van der Waals surface area contributed by atoms with Gasteiger partial charge in [0.2, 0.25) is 0 Å². The van der Waals surface area contributed by atoms with E-state index in [1.165, 1.54) is 11.8 Å². The van der Waals surface area contributed by atoms with Crippen LogP contribution in [0.2, 0.25) is 0 Å². The summed E-state index contributed by atoms with van der Waals surface area (Å²) in [5, 5.41) is 8.37. The van der Waals surface area contributed by atoms with Crippen LogP contribution in [0.5, 0.6) is 0 Å². The van der Waals surface area contributed by atoms with Crippen molar-refractivity contribution in [1.82, 2.24) is 0 Å². The summed E-state index contributed by atoms with van der Waals surface area (Å²) in [5.41, 5.74) is 1.10. The first-order chi connectivity index (χ1) is 3.72. The molecule has 2 heteroatoms. The molecule has 0 aliphatic carbocycles. The van der Waals surface area contributed by atoms with Crippen LogP contribution in [0.4, 0.5) is 0 Å². The number of hydrogen-bond acceptors (Lipinski definition) is 2. The van der Waals surface area contributed by atoms with Crippen LogP contribution in [0.1, 0.15) is 13.8 Å². The van der Waals surface area contributed by atoms with Gasteiger partial charge in [0, 0.05) is 0 Å². The Labute approximate surface area is 54.4 Å². The van der Waals surface area contributed by atoms with Crippen molar-refractivity contribution in [2.45, 2.75) is 13.8 Å². The van der Waals surface area contributed by atoms with Crippen LogP contribution in [0.3, 0.4) is 0 Å². The third-order valence-electron chi connectivity index (χ3n) is 0.760. The molecular formula is C6H9NS. The zero-order valence-electron chi connectivity index (χ0n) is 5.36. The molecule has 1 nitrogen and oxygen atoms in total. The fourth-order valence-corrected chi connectivity index (χ4v) is 0.861. The van der Waals surface area contributed by atoms with Gasteiger partial charge < -0.3 is 0 Å². The SMILES string of the molecule is CSC(C#N)=C(C)C. The van der Waals surface area contributed by atoms with E-state index in [0.717, 1.165) is 10.5 Å². The minimum Gasteiger partial charge on any atom is -0.192 e. The minimum absolute atomic E-state index is 0.824. The Kier molecular flexibility index (Phi) is 3.38. The number of rotatable bonds is 1. The average Bonchev–Trinajstić information content (AvgIpc) is 1.69. The Morgan fingerprint density at radius 2 is 2.00 bits per heavy atom. The van der Waals surface area contributed by atoms with Gasteiger partial charge in [-0.2, -0.15) is 5.26 Å². The van der Waals surface area contributed by atoms with Crippen LogP contribution in [-0.4, -0.2) is 6.26 Å². The second-order valence-corrected chi connectivity index (χ2v) is 2.46. The molecule has 0 heterocycles. The zero-order valence-corrected chi connectivity index (χ0v) is 6.17. The third-order valence-corrected chi connectivity index (χ3v) is 1.67. The van der Waals surface area contributed by atoms with Crippen molar-refractivity contribution in [3.63, 3.8) is 0 Å². The van der Waals surface area contributed by atoms with Crippen LogP contribution in [0.15, 0.2) is 10.5 Å². The van der Waals surface area contributed by atoms with E-state index < -0.39 is 0 Å². The predicted octanol–water partition coefficient (Wildman–Crippen LogP) is 2.17. The van der Waals surface area contributed by atoms with Gasteiger partial charge in [-0.15, -0.1) is 11.8 Å². The number of nitrogens with zero attached hydrogens (tertiary/aromatic N) is 1. The van der Waals surface area contributed by atoms with E-state index in [-0.39, 0.29) is 0 Å². The van der Waals surface area contributed by atoms with Gasteiger partial charge in [0.25, 0.3) is 0 Å². The molecule has 0 radical (unpaired) electrons. The van der Waals surface area contributed by atoms with Crippen molar-refractivity contribution in [2.24, 2.45) is 0 Å². The molecule has 0 aromatic rings. The van der Waals surface area contributed by atoms with Gasteiger partial charge in [-0.25, -0.2) is 0 Å². The largest absolute Gasteiger partial charge is 0.192 e. The van der Waals surface area contributed by atoms with Crippen molar-refractivity contribution in [3.05, 3.63) is 10.5 Å². The summed E-state index contributed by atoms with van der Waals surface area (Å²) in [5.74, 6) is 0. The van der Waals surface area contributed by atoms with Crippen LogP contribution < -0.4 is 0 Å². The van der Waals surface area contributed by atoms with Gasteiger partial charge in [-0.05, 0) is 20.1 Å². The molecule has 44 valence electrons. The fraction of sp³-hybridized carbons (Fsp3) is 0.500. The van der Waals surface area contributed by atoms with Crippen molar-refractivity contribution in [1.29, 1.82) is 5.26 Å². The highest BCUT2D eigenvalue weighted by Gasteiger charge is 1.91. The van der Waals surface area contributed by atoms with Crippen molar-refractivity contribution in [2.75, 3.05) is 6.26 Å². The topological polar surface area (TPSA) is 23.8 Å². The smallest absolute Gasteiger partial charge is 0.106 e. The number of nitriles is 1. The Bertz CT molecular complexity index is 137. The first-order valence-corrected chi connectivity index (χ1v) is 3.56. The molecule has 0 unspecified atom stereocenters. The highest BCUT2D eigenvalue weighted by Crippen LogP contribution is 2.13. The molecule has 0 bridgehead atoms. The van der Waals surface area contributed by atoms with E-state index in [0.29, 0.717) is 0 Å². The Hall–Kier alpha value is -0.420. The summed E-state index contributed by atoms with van der Waals surface area (Å²) in [6.07, 6.45) is 1.91. The maximum absolute atomic E-state index is 8.37. The maximum atomic E-state index is 8.37.